The largest absolute Gasteiger partial charge is 0.376 e. The van der Waals surface area contributed by atoms with Crippen LogP contribution in [0.4, 0.5) is 4.39 Å². The normalized spacial score (nSPS) is 16.8. The molecule has 0 saturated carbocycles. The zero-order chi connectivity index (χ0) is 20.4. The summed E-state index contributed by atoms with van der Waals surface area (Å²) in [5.74, 6) is -0.113. The van der Waals surface area contributed by atoms with E-state index in [9.17, 15) is 9.18 Å². The Hall–Kier alpha value is -2.25. The molecule has 1 fully saturated rings. The van der Waals surface area contributed by atoms with Crippen molar-refractivity contribution in [2.75, 3.05) is 19.7 Å². The molecular formula is C22H26FN3O2S. The lowest BCUT2D eigenvalue weighted by molar-refractivity contribution is -0.136. The molecule has 1 aliphatic rings. The smallest absolute Gasteiger partial charge is 0.225 e. The number of carbonyl (C=O) groups excluding carboxylic acids is 1. The van der Waals surface area contributed by atoms with Gasteiger partial charge >= 0.3 is 0 Å². The molecule has 0 aliphatic carbocycles. The predicted molar refractivity (Wildman–Crippen MR) is 113 cm³/mol. The van der Waals surface area contributed by atoms with Crippen molar-refractivity contribution in [1.82, 2.24) is 14.3 Å². The van der Waals surface area contributed by atoms with Crippen LogP contribution in [-0.4, -0.2) is 46.0 Å². The van der Waals surface area contributed by atoms with Crippen LogP contribution in [0.5, 0.6) is 0 Å². The Bertz CT molecular complexity index is 974. The van der Waals surface area contributed by atoms with Gasteiger partial charge in [-0.15, -0.1) is 11.3 Å². The molecule has 2 aromatic heterocycles. The van der Waals surface area contributed by atoms with Crippen molar-refractivity contribution in [3.8, 4) is 11.3 Å². The number of rotatable bonds is 7. The third-order valence-corrected chi connectivity index (χ3v) is 6.20. The van der Waals surface area contributed by atoms with E-state index in [1.165, 1.54) is 12.1 Å². The molecule has 29 heavy (non-hydrogen) atoms. The molecule has 5 nitrogen and oxygen atoms in total. The molecule has 4 rings (SSSR count). The molecule has 3 aromatic rings. The van der Waals surface area contributed by atoms with Crippen molar-refractivity contribution >= 4 is 22.2 Å². The Balaban J connectivity index is 1.49. The number of fused-ring (bicyclic) bond motifs is 1. The summed E-state index contributed by atoms with van der Waals surface area (Å²) in [6, 6.07) is 6.38. The highest BCUT2D eigenvalue weighted by Gasteiger charge is 2.24. The first kappa shape index (κ1) is 20.0. The van der Waals surface area contributed by atoms with Gasteiger partial charge in [-0.05, 0) is 37.1 Å². The minimum Gasteiger partial charge on any atom is -0.376 e. The molecule has 0 radical (unpaired) electrons. The minimum atomic E-state index is -0.253. The maximum absolute atomic E-state index is 13.2. The van der Waals surface area contributed by atoms with E-state index >= 15 is 0 Å². The number of imidazole rings is 1. The van der Waals surface area contributed by atoms with Gasteiger partial charge in [0.05, 0.1) is 11.8 Å². The van der Waals surface area contributed by atoms with E-state index in [0.29, 0.717) is 13.1 Å². The topological polar surface area (TPSA) is 46.8 Å². The van der Waals surface area contributed by atoms with Crippen molar-refractivity contribution in [3.05, 3.63) is 47.4 Å². The molecule has 0 spiro atoms. The van der Waals surface area contributed by atoms with Crippen LogP contribution in [0.3, 0.4) is 0 Å². The fraction of sp³-hybridized carbons (Fsp3) is 0.455. The number of amides is 1. The molecule has 1 amide bonds. The van der Waals surface area contributed by atoms with Crippen LogP contribution in [0, 0.1) is 11.7 Å². The van der Waals surface area contributed by atoms with Crippen molar-refractivity contribution in [3.63, 3.8) is 0 Å². The van der Waals surface area contributed by atoms with Crippen LogP contribution in [0.2, 0.25) is 0 Å². The molecule has 7 heteroatoms. The SMILES string of the molecule is CC(C)C(=O)N(CCc1csc2nc(-c3ccc(F)cc3)cn12)CC1CCCO1. The third-order valence-electron chi connectivity index (χ3n) is 5.31. The zero-order valence-corrected chi connectivity index (χ0v) is 17.6. The number of thiazole rings is 1. The summed E-state index contributed by atoms with van der Waals surface area (Å²) in [6.45, 7) is 6.00. The number of benzene rings is 1. The van der Waals surface area contributed by atoms with Gasteiger partial charge in [0.15, 0.2) is 4.96 Å². The van der Waals surface area contributed by atoms with Gasteiger partial charge in [-0.3, -0.25) is 9.20 Å². The van der Waals surface area contributed by atoms with Crippen LogP contribution in [0.15, 0.2) is 35.8 Å². The number of halogens is 1. The number of nitrogens with zero attached hydrogens (tertiary/aromatic N) is 3. The number of aromatic nitrogens is 2. The first-order valence-corrected chi connectivity index (χ1v) is 11.0. The van der Waals surface area contributed by atoms with Crippen molar-refractivity contribution in [1.29, 1.82) is 0 Å². The molecule has 1 aromatic carbocycles. The van der Waals surface area contributed by atoms with Crippen molar-refractivity contribution < 1.29 is 13.9 Å². The average Bonchev–Trinajstić information content (AvgIpc) is 3.43. The Kier molecular flexibility index (Phi) is 5.96. The molecule has 1 atom stereocenters. The average molecular weight is 416 g/mol. The summed E-state index contributed by atoms with van der Waals surface area (Å²) < 4.78 is 21.0. The van der Waals surface area contributed by atoms with Gasteiger partial charge in [0.2, 0.25) is 5.91 Å². The lowest BCUT2D eigenvalue weighted by atomic mass is 10.1. The van der Waals surface area contributed by atoms with Gasteiger partial charge in [-0.2, -0.15) is 0 Å². The monoisotopic (exact) mass is 415 g/mol. The highest BCUT2D eigenvalue weighted by Crippen LogP contribution is 2.24. The van der Waals surface area contributed by atoms with E-state index < -0.39 is 0 Å². The first-order chi connectivity index (χ1) is 14.0. The summed E-state index contributed by atoms with van der Waals surface area (Å²) in [5, 5.41) is 2.10. The van der Waals surface area contributed by atoms with E-state index in [1.54, 1.807) is 23.5 Å². The highest BCUT2D eigenvalue weighted by atomic mass is 32.1. The predicted octanol–water partition coefficient (Wildman–Crippen LogP) is 4.41. The summed E-state index contributed by atoms with van der Waals surface area (Å²) in [4.78, 5) is 20.2. The lowest BCUT2D eigenvalue weighted by Gasteiger charge is -2.27. The van der Waals surface area contributed by atoms with Gasteiger partial charge in [-0.25, -0.2) is 9.37 Å². The van der Waals surface area contributed by atoms with Crippen LogP contribution < -0.4 is 0 Å². The van der Waals surface area contributed by atoms with Crippen LogP contribution in [0.1, 0.15) is 32.4 Å². The van der Waals surface area contributed by atoms with Crippen molar-refractivity contribution in [2.45, 2.75) is 39.2 Å². The molecule has 0 bridgehead atoms. The maximum Gasteiger partial charge on any atom is 0.225 e. The second kappa shape index (κ2) is 8.63. The zero-order valence-electron chi connectivity index (χ0n) is 16.8. The summed E-state index contributed by atoms with van der Waals surface area (Å²) in [7, 11) is 0. The minimum absolute atomic E-state index is 0.0304. The van der Waals surface area contributed by atoms with Gasteiger partial charge in [0.1, 0.15) is 5.82 Å². The maximum atomic E-state index is 13.2. The van der Waals surface area contributed by atoms with Gasteiger partial charge < -0.3 is 9.64 Å². The van der Waals surface area contributed by atoms with E-state index in [1.807, 2.05) is 24.9 Å². The second-order valence-electron chi connectivity index (χ2n) is 7.84. The fourth-order valence-corrected chi connectivity index (χ4v) is 4.62. The van der Waals surface area contributed by atoms with E-state index in [2.05, 4.69) is 14.8 Å². The number of carbonyl (C=O) groups is 1. The van der Waals surface area contributed by atoms with E-state index in [-0.39, 0.29) is 23.7 Å². The number of hydrogen-bond acceptors (Lipinski definition) is 4. The molecule has 3 heterocycles. The second-order valence-corrected chi connectivity index (χ2v) is 8.67. The molecule has 1 aliphatic heterocycles. The molecule has 1 unspecified atom stereocenters. The van der Waals surface area contributed by atoms with E-state index in [0.717, 1.165) is 47.8 Å². The van der Waals surface area contributed by atoms with Crippen LogP contribution >= 0.6 is 11.3 Å². The van der Waals surface area contributed by atoms with Crippen LogP contribution in [0.25, 0.3) is 16.2 Å². The number of ether oxygens (including phenoxy) is 1. The summed E-state index contributed by atoms with van der Waals surface area (Å²) in [5.41, 5.74) is 2.84. The van der Waals surface area contributed by atoms with E-state index in [4.69, 9.17) is 4.74 Å². The van der Waals surface area contributed by atoms with Gasteiger partial charge in [0.25, 0.3) is 0 Å². The Morgan fingerprint density at radius 3 is 2.86 bits per heavy atom. The Morgan fingerprint density at radius 1 is 1.38 bits per heavy atom. The van der Waals surface area contributed by atoms with Gasteiger partial charge in [-0.1, -0.05) is 13.8 Å². The standard InChI is InChI=1S/C22H26FN3O2S/c1-15(2)21(27)25(12-19-4-3-11-28-19)10-9-18-14-29-22-24-20(13-26(18)22)16-5-7-17(23)8-6-16/h5-8,13-15,19H,3-4,9-12H2,1-2H3. The van der Waals surface area contributed by atoms with Gasteiger partial charge in [0, 0.05) is 54.9 Å². The summed E-state index contributed by atoms with van der Waals surface area (Å²) in [6.07, 6.45) is 4.99. The molecule has 0 N–H and O–H groups in total. The fourth-order valence-electron chi connectivity index (χ4n) is 3.71. The van der Waals surface area contributed by atoms with Crippen molar-refractivity contribution in [2.24, 2.45) is 5.92 Å². The third kappa shape index (κ3) is 4.51. The lowest BCUT2D eigenvalue weighted by Crippen LogP contribution is -2.41. The Morgan fingerprint density at radius 2 is 2.17 bits per heavy atom. The highest BCUT2D eigenvalue weighted by molar-refractivity contribution is 7.15. The number of hydrogen-bond donors (Lipinski definition) is 0. The molecular weight excluding hydrogens is 389 g/mol. The molecule has 154 valence electrons. The first-order valence-electron chi connectivity index (χ1n) is 10.1. The van der Waals surface area contributed by atoms with Crippen LogP contribution in [-0.2, 0) is 16.0 Å². The summed E-state index contributed by atoms with van der Waals surface area (Å²) >= 11 is 1.58. The quantitative estimate of drug-likeness (QED) is 0.574. The Labute approximate surface area is 174 Å². The molecule has 1 saturated heterocycles.